The average Bonchev–Trinajstić information content (AvgIpc) is 2.25. The van der Waals surface area contributed by atoms with E-state index in [2.05, 4.69) is 52.8 Å². The molecule has 0 saturated heterocycles. The largest absolute Gasteiger partial charge is 0.0654 e. The molecule has 0 fully saturated rings. The zero-order valence-electron chi connectivity index (χ0n) is 12.3. The van der Waals surface area contributed by atoms with E-state index in [1.165, 1.54) is 43.2 Å². The van der Waals surface area contributed by atoms with Gasteiger partial charge in [-0.15, -0.1) is 0 Å². The summed E-state index contributed by atoms with van der Waals surface area (Å²) < 4.78 is 0. The minimum absolute atomic E-state index is 0.272. The Balaban J connectivity index is 3.03. The average molecular weight is 232 g/mol. The minimum atomic E-state index is 0.272. The molecule has 0 aliphatic heterocycles. The van der Waals surface area contributed by atoms with Crippen molar-refractivity contribution < 1.29 is 0 Å². The van der Waals surface area contributed by atoms with Crippen LogP contribution in [0.25, 0.3) is 0 Å². The van der Waals surface area contributed by atoms with Crippen molar-refractivity contribution >= 4 is 0 Å². The summed E-state index contributed by atoms with van der Waals surface area (Å²) >= 11 is 0. The van der Waals surface area contributed by atoms with Crippen molar-refractivity contribution in [1.29, 1.82) is 0 Å². The topological polar surface area (TPSA) is 0 Å². The van der Waals surface area contributed by atoms with Gasteiger partial charge in [0, 0.05) is 0 Å². The highest BCUT2D eigenvalue weighted by atomic mass is 14.2. The molecule has 0 aromatic heterocycles. The molecule has 0 heteroatoms. The standard InChI is InChI=1S/C17H28/c1-6-8-10-15-13-14(9-7-2)11-12-16(15)17(3,4)5/h11-13H,6-10H2,1-5H3. The minimum Gasteiger partial charge on any atom is -0.0654 e. The number of hydrogen-bond donors (Lipinski definition) is 0. The first-order chi connectivity index (χ1) is 7.99. The lowest BCUT2D eigenvalue weighted by atomic mass is 9.81. The fourth-order valence-electron chi connectivity index (χ4n) is 2.40. The van der Waals surface area contributed by atoms with Crippen LogP contribution in [0.15, 0.2) is 18.2 Å². The molecule has 0 heterocycles. The molecular weight excluding hydrogens is 204 g/mol. The zero-order chi connectivity index (χ0) is 12.9. The van der Waals surface area contributed by atoms with Gasteiger partial charge in [-0.1, -0.05) is 65.7 Å². The maximum atomic E-state index is 2.44. The van der Waals surface area contributed by atoms with Crippen molar-refractivity contribution in [3.05, 3.63) is 34.9 Å². The van der Waals surface area contributed by atoms with E-state index in [1.807, 2.05) is 0 Å². The lowest BCUT2D eigenvalue weighted by molar-refractivity contribution is 0.579. The number of benzene rings is 1. The second kappa shape index (κ2) is 6.23. The van der Waals surface area contributed by atoms with Crippen molar-refractivity contribution in [3.63, 3.8) is 0 Å². The summed E-state index contributed by atoms with van der Waals surface area (Å²) in [4.78, 5) is 0. The summed E-state index contributed by atoms with van der Waals surface area (Å²) in [5, 5.41) is 0. The molecule has 1 aromatic carbocycles. The molecule has 17 heavy (non-hydrogen) atoms. The molecule has 0 bridgehead atoms. The Bertz CT molecular complexity index is 342. The van der Waals surface area contributed by atoms with Crippen LogP contribution < -0.4 is 0 Å². The second-order valence-corrected chi connectivity index (χ2v) is 6.10. The summed E-state index contributed by atoms with van der Waals surface area (Å²) in [6.45, 7) is 11.5. The van der Waals surface area contributed by atoms with E-state index < -0.39 is 0 Å². The molecule has 0 unspecified atom stereocenters. The summed E-state index contributed by atoms with van der Waals surface area (Å²) in [6, 6.07) is 7.12. The molecule has 0 amide bonds. The molecule has 0 aliphatic rings. The first-order valence-corrected chi connectivity index (χ1v) is 7.11. The molecule has 0 nitrogen and oxygen atoms in total. The number of rotatable bonds is 5. The first-order valence-electron chi connectivity index (χ1n) is 7.11. The Morgan fingerprint density at radius 3 is 2.18 bits per heavy atom. The van der Waals surface area contributed by atoms with E-state index in [0.29, 0.717) is 0 Å². The van der Waals surface area contributed by atoms with Crippen LogP contribution in [0, 0.1) is 0 Å². The normalized spacial score (nSPS) is 11.8. The molecule has 1 rings (SSSR count). The van der Waals surface area contributed by atoms with Crippen LogP contribution in [0.1, 0.15) is 70.6 Å². The van der Waals surface area contributed by atoms with Crippen molar-refractivity contribution in [1.82, 2.24) is 0 Å². The van der Waals surface area contributed by atoms with E-state index >= 15 is 0 Å². The van der Waals surface area contributed by atoms with Gasteiger partial charge in [0.2, 0.25) is 0 Å². The van der Waals surface area contributed by atoms with Crippen molar-refractivity contribution in [3.8, 4) is 0 Å². The fourth-order valence-corrected chi connectivity index (χ4v) is 2.40. The van der Waals surface area contributed by atoms with Gasteiger partial charge in [0.25, 0.3) is 0 Å². The van der Waals surface area contributed by atoms with Crippen LogP contribution in [0.3, 0.4) is 0 Å². The van der Waals surface area contributed by atoms with Crippen LogP contribution in [0.4, 0.5) is 0 Å². The van der Waals surface area contributed by atoms with Gasteiger partial charge >= 0.3 is 0 Å². The van der Waals surface area contributed by atoms with Crippen molar-refractivity contribution in [2.75, 3.05) is 0 Å². The van der Waals surface area contributed by atoms with Gasteiger partial charge in [0.05, 0.1) is 0 Å². The smallest absolute Gasteiger partial charge is 0.0129 e. The molecule has 1 aromatic rings. The highest BCUT2D eigenvalue weighted by molar-refractivity contribution is 5.36. The van der Waals surface area contributed by atoms with Crippen LogP contribution >= 0.6 is 0 Å². The van der Waals surface area contributed by atoms with Crippen LogP contribution in [0.2, 0.25) is 0 Å². The van der Waals surface area contributed by atoms with E-state index in [1.54, 1.807) is 5.56 Å². The maximum absolute atomic E-state index is 2.44. The molecule has 0 aliphatic carbocycles. The van der Waals surface area contributed by atoms with Crippen LogP contribution in [0.5, 0.6) is 0 Å². The monoisotopic (exact) mass is 232 g/mol. The molecule has 0 radical (unpaired) electrons. The van der Waals surface area contributed by atoms with Gasteiger partial charge in [-0.25, -0.2) is 0 Å². The third-order valence-electron chi connectivity index (χ3n) is 3.32. The van der Waals surface area contributed by atoms with Crippen molar-refractivity contribution in [2.45, 2.75) is 72.1 Å². The third-order valence-corrected chi connectivity index (χ3v) is 3.32. The highest BCUT2D eigenvalue weighted by Gasteiger charge is 2.17. The van der Waals surface area contributed by atoms with Gasteiger partial charge in [0.1, 0.15) is 0 Å². The van der Waals surface area contributed by atoms with Crippen molar-refractivity contribution in [2.24, 2.45) is 0 Å². The summed E-state index contributed by atoms with van der Waals surface area (Å²) in [5.74, 6) is 0. The summed E-state index contributed by atoms with van der Waals surface area (Å²) in [7, 11) is 0. The van der Waals surface area contributed by atoms with Crippen LogP contribution in [-0.4, -0.2) is 0 Å². The predicted octanol–water partition coefficient (Wildman–Crippen LogP) is 5.28. The highest BCUT2D eigenvalue weighted by Crippen LogP contribution is 2.28. The molecular formula is C17H28. The Morgan fingerprint density at radius 1 is 0.941 bits per heavy atom. The SMILES string of the molecule is CCCCc1cc(CCC)ccc1C(C)(C)C. The van der Waals surface area contributed by atoms with Gasteiger partial charge in [-0.2, -0.15) is 0 Å². The fraction of sp³-hybridized carbons (Fsp3) is 0.647. The lowest BCUT2D eigenvalue weighted by Crippen LogP contribution is -2.14. The zero-order valence-corrected chi connectivity index (χ0v) is 12.3. The summed E-state index contributed by atoms with van der Waals surface area (Å²) in [5.41, 5.74) is 4.89. The number of unbranched alkanes of at least 4 members (excludes halogenated alkanes) is 1. The van der Waals surface area contributed by atoms with Gasteiger partial charge in [-0.05, 0) is 41.4 Å². The number of aryl methyl sites for hydroxylation is 2. The van der Waals surface area contributed by atoms with Gasteiger partial charge in [-0.3, -0.25) is 0 Å². The third kappa shape index (κ3) is 4.18. The van der Waals surface area contributed by atoms with Gasteiger partial charge < -0.3 is 0 Å². The van der Waals surface area contributed by atoms with E-state index in [0.717, 1.165) is 0 Å². The molecule has 0 spiro atoms. The quantitative estimate of drug-likeness (QED) is 0.648. The second-order valence-electron chi connectivity index (χ2n) is 6.10. The molecule has 0 N–H and O–H groups in total. The van der Waals surface area contributed by atoms with Gasteiger partial charge in [0.15, 0.2) is 0 Å². The van der Waals surface area contributed by atoms with E-state index in [-0.39, 0.29) is 5.41 Å². The summed E-state index contributed by atoms with van der Waals surface area (Å²) in [6.07, 6.45) is 6.27. The van der Waals surface area contributed by atoms with E-state index in [9.17, 15) is 0 Å². The Kier molecular flexibility index (Phi) is 5.24. The molecule has 96 valence electrons. The van der Waals surface area contributed by atoms with E-state index in [4.69, 9.17) is 0 Å². The predicted molar refractivity (Wildman–Crippen MR) is 77.7 cm³/mol. The Labute approximate surface area is 107 Å². The Hall–Kier alpha value is -0.780. The van der Waals surface area contributed by atoms with Crippen LogP contribution in [-0.2, 0) is 18.3 Å². The Morgan fingerprint density at radius 2 is 1.65 bits per heavy atom. The lowest BCUT2D eigenvalue weighted by Gasteiger charge is -2.24. The molecule has 0 saturated carbocycles. The molecule has 0 atom stereocenters. The first kappa shape index (κ1) is 14.3. The maximum Gasteiger partial charge on any atom is -0.0129 e. The number of hydrogen-bond acceptors (Lipinski definition) is 0.